The minimum absolute atomic E-state index is 0.00139. The van der Waals surface area contributed by atoms with Gasteiger partial charge in [-0.2, -0.15) is 4.31 Å². The Morgan fingerprint density at radius 3 is 2.42 bits per heavy atom. The van der Waals surface area contributed by atoms with Crippen LogP contribution in [0.1, 0.15) is 18.0 Å². The molecule has 0 unspecified atom stereocenters. The Morgan fingerprint density at radius 1 is 1.00 bits per heavy atom. The number of alkyl halides is 3. The highest BCUT2D eigenvalue weighted by Crippen LogP contribution is 2.38. The standard InChI is InChI=1S/C22H19F3N2O4S2/c23-22(24,25)31-17-5-3-15(4-6-17)18-7-8-19-16-10-14(12-27(19)21(18)28)11-26(13-16)33(29,30)20-2-1-9-32-20/h1-9,14,16H,10-13H2/t14-,16+/m0/s1. The molecule has 174 valence electrons. The summed E-state index contributed by atoms with van der Waals surface area (Å²) in [7, 11) is -3.57. The first-order chi connectivity index (χ1) is 15.6. The second-order valence-electron chi connectivity index (χ2n) is 8.21. The van der Waals surface area contributed by atoms with Crippen molar-refractivity contribution < 1.29 is 26.3 Å². The molecule has 5 rings (SSSR count). The number of benzene rings is 1. The maximum absolute atomic E-state index is 13.2. The van der Waals surface area contributed by atoms with Crippen molar-refractivity contribution in [3.8, 4) is 16.9 Å². The maximum Gasteiger partial charge on any atom is 0.573 e. The number of sulfonamides is 1. The van der Waals surface area contributed by atoms with Gasteiger partial charge in [0.25, 0.3) is 15.6 Å². The van der Waals surface area contributed by atoms with Crippen molar-refractivity contribution in [2.45, 2.75) is 29.5 Å². The number of pyridine rings is 1. The molecule has 0 radical (unpaired) electrons. The summed E-state index contributed by atoms with van der Waals surface area (Å²) in [6, 6.07) is 12.0. The van der Waals surface area contributed by atoms with E-state index in [1.807, 2.05) is 6.07 Å². The zero-order valence-electron chi connectivity index (χ0n) is 17.2. The van der Waals surface area contributed by atoms with Crippen LogP contribution in [0.2, 0.25) is 0 Å². The zero-order valence-corrected chi connectivity index (χ0v) is 18.8. The number of aromatic nitrogens is 1. The van der Waals surface area contributed by atoms with Crippen molar-refractivity contribution in [2.24, 2.45) is 5.92 Å². The van der Waals surface area contributed by atoms with Crippen molar-refractivity contribution in [3.05, 3.63) is 70.0 Å². The van der Waals surface area contributed by atoms with Crippen LogP contribution in [0.5, 0.6) is 5.75 Å². The average Bonchev–Trinajstić information content (AvgIpc) is 3.30. The van der Waals surface area contributed by atoms with Crippen LogP contribution in [0.3, 0.4) is 0 Å². The molecule has 6 nitrogen and oxygen atoms in total. The molecule has 0 N–H and O–H groups in total. The molecule has 1 saturated heterocycles. The highest BCUT2D eigenvalue weighted by molar-refractivity contribution is 7.91. The number of thiophene rings is 1. The molecule has 11 heteroatoms. The van der Waals surface area contributed by atoms with Crippen LogP contribution in [-0.4, -0.2) is 36.7 Å². The average molecular weight is 497 g/mol. The molecule has 0 spiro atoms. The lowest BCUT2D eigenvalue weighted by Crippen LogP contribution is -2.49. The molecular weight excluding hydrogens is 477 g/mol. The van der Waals surface area contributed by atoms with E-state index < -0.39 is 16.4 Å². The minimum atomic E-state index is -4.78. The fraction of sp³-hybridized carbons (Fsp3) is 0.318. The summed E-state index contributed by atoms with van der Waals surface area (Å²) >= 11 is 1.19. The topological polar surface area (TPSA) is 68.6 Å². The van der Waals surface area contributed by atoms with Crippen molar-refractivity contribution in [1.29, 1.82) is 0 Å². The monoisotopic (exact) mass is 496 g/mol. The fourth-order valence-electron chi connectivity index (χ4n) is 4.69. The van der Waals surface area contributed by atoms with Crippen LogP contribution in [-0.2, 0) is 16.6 Å². The summed E-state index contributed by atoms with van der Waals surface area (Å²) < 4.78 is 70.6. The third-order valence-corrected chi connectivity index (χ3v) is 9.26. The molecule has 0 saturated carbocycles. The Kier molecular flexibility index (Phi) is 5.37. The third kappa shape index (κ3) is 4.20. The van der Waals surface area contributed by atoms with Crippen LogP contribution in [0.25, 0.3) is 11.1 Å². The molecule has 4 heterocycles. The zero-order chi connectivity index (χ0) is 23.4. The van der Waals surface area contributed by atoms with Crippen molar-refractivity contribution >= 4 is 21.4 Å². The number of halogens is 3. The molecule has 0 amide bonds. The normalized spacial score (nSPS) is 20.9. The van der Waals surface area contributed by atoms with Crippen LogP contribution in [0.4, 0.5) is 13.2 Å². The van der Waals surface area contributed by atoms with Crippen LogP contribution in [0.15, 0.2) is 62.9 Å². The predicted octanol–water partition coefficient (Wildman–Crippen LogP) is 4.28. The van der Waals surface area contributed by atoms with Crippen molar-refractivity contribution in [1.82, 2.24) is 8.87 Å². The second-order valence-corrected chi connectivity index (χ2v) is 11.3. The lowest BCUT2D eigenvalue weighted by Gasteiger charge is -2.42. The van der Waals surface area contributed by atoms with E-state index >= 15 is 0 Å². The third-order valence-electron chi connectivity index (χ3n) is 6.06. The molecule has 2 aliphatic rings. The highest BCUT2D eigenvalue weighted by Gasteiger charge is 2.40. The molecule has 1 fully saturated rings. The molecule has 3 aromatic rings. The summed E-state index contributed by atoms with van der Waals surface area (Å²) in [4.78, 5) is 13.2. The minimum Gasteiger partial charge on any atom is -0.406 e. The van der Waals surface area contributed by atoms with E-state index in [2.05, 4.69) is 4.74 Å². The van der Waals surface area contributed by atoms with Gasteiger partial charge < -0.3 is 9.30 Å². The van der Waals surface area contributed by atoms with Gasteiger partial charge in [-0.1, -0.05) is 18.2 Å². The van der Waals surface area contributed by atoms with Crippen molar-refractivity contribution in [2.75, 3.05) is 13.1 Å². The number of piperidine rings is 1. The quantitative estimate of drug-likeness (QED) is 0.541. The predicted molar refractivity (Wildman–Crippen MR) is 117 cm³/mol. The summed E-state index contributed by atoms with van der Waals surface area (Å²) in [5.74, 6) is -0.455. The summed E-state index contributed by atoms with van der Waals surface area (Å²) in [5, 5.41) is 1.73. The van der Waals surface area contributed by atoms with E-state index in [4.69, 9.17) is 0 Å². The van der Waals surface area contributed by atoms with E-state index in [0.717, 1.165) is 12.1 Å². The molecule has 2 aromatic heterocycles. The maximum atomic E-state index is 13.2. The molecule has 1 aromatic carbocycles. The Balaban J connectivity index is 1.43. The number of hydrogen-bond acceptors (Lipinski definition) is 5. The molecule has 2 bridgehead atoms. The van der Waals surface area contributed by atoms with Gasteiger partial charge in [0.15, 0.2) is 0 Å². The largest absolute Gasteiger partial charge is 0.573 e. The summed E-state index contributed by atoms with van der Waals surface area (Å²) in [5.41, 5.74) is 1.41. The second kappa shape index (κ2) is 8.00. The van der Waals surface area contributed by atoms with E-state index in [-0.39, 0.29) is 23.1 Å². The van der Waals surface area contributed by atoms with Crippen LogP contribution < -0.4 is 10.3 Å². The van der Waals surface area contributed by atoms with Gasteiger partial charge in [-0.05, 0) is 53.6 Å². The summed E-state index contributed by atoms with van der Waals surface area (Å²) in [6.45, 7) is 1.04. The van der Waals surface area contributed by atoms with Gasteiger partial charge in [-0.3, -0.25) is 4.79 Å². The fourth-order valence-corrected chi connectivity index (χ4v) is 7.40. The van der Waals surface area contributed by atoms with Crippen molar-refractivity contribution in [3.63, 3.8) is 0 Å². The lowest BCUT2D eigenvalue weighted by atomic mass is 9.84. The molecule has 33 heavy (non-hydrogen) atoms. The Hall–Kier alpha value is -2.63. The molecule has 0 aliphatic carbocycles. The van der Waals surface area contributed by atoms with Crippen LogP contribution >= 0.6 is 11.3 Å². The molecule has 2 aliphatic heterocycles. The van der Waals surface area contributed by atoms with Gasteiger partial charge in [0.2, 0.25) is 0 Å². The number of nitrogens with zero attached hydrogens (tertiary/aromatic N) is 2. The van der Waals surface area contributed by atoms with Gasteiger partial charge in [-0.25, -0.2) is 8.42 Å². The van der Waals surface area contributed by atoms with E-state index in [9.17, 15) is 26.4 Å². The first kappa shape index (κ1) is 22.2. The number of rotatable bonds is 4. The van der Waals surface area contributed by atoms with Gasteiger partial charge in [-0.15, -0.1) is 24.5 Å². The Labute approximate surface area is 191 Å². The van der Waals surface area contributed by atoms with Crippen LogP contribution in [0, 0.1) is 5.92 Å². The SMILES string of the molecule is O=c1c(-c2ccc(OC(F)(F)F)cc2)ccc2n1C[C@H]1C[C@@H]2CN(S(=O)(=O)c2cccs2)C1. The highest BCUT2D eigenvalue weighted by atomic mass is 32.2. The lowest BCUT2D eigenvalue weighted by molar-refractivity contribution is -0.274. The first-order valence-corrected chi connectivity index (χ1v) is 12.6. The van der Waals surface area contributed by atoms with Gasteiger partial charge in [0, 0.05) is 36.8 Å². The van der Waals surface area contributed by atoms with E-state index in [1.165, 1.54) is 39.9 Å². The number of ether oxygens (including phenoxy) is 1. The first-order valence-electron chi connectivity index (χ1n) is 10.3. The van der Waals surface area contributed by atoms with Gasteiger partial charge in [0.1, 0.15) is 9.96 Å². The molecular formula is C22H19F3N2O4S2. The molecule has 2 atom stereocenters. The number of fused-ring (bicyclic) bond motifs is 4. The Bertz CT molecular complexity index is 1330. The summed E-state index contributed by atoms with van der Waals surface area (Å²) in [6.07, 6.45) is -3.98. The van der Waals surface area contributed by atoms with E-state index in [1.54, 1.807) is 28.1 Å². The van der Waals surface area contributed by atoms with E-state index in [0.29, 0.717) is 35.0 Å². The Morgan fingerprint density at radius 2 is 1.76 bits per heavy atom. The smallest absolute Gasteiger partial charge is 0.406 e. The van der Waals surface area contributed by atoms with Gasteiger partial charge >= 0.3 is 6.36 Å². The number of hydrogen-bond donors (Lipinski definition) is 0. The van der Waals surface area contributed by atoms with Gasteiger partial charge in [0.05, 0.1) is 0 Å².